The van der Waals surface area contributed by atoms with Gasteiger partial charge in [-0.2, -0.15) is 0 Å². The van der Waals surface area contributed by atoms with Gasteiger partial charge in [0, 0.05) is 29.0 Å². The summed E-state index contributed by atoms with van der Waals surface area (Å²) in [5, 5.41) is 3.96. The first-order chi connectivity index (χ1) is 10.9. The average molecular weight is 350 g/mol. The molecule has 0 radical (unpaired) electrons. The summed E-state index contributed by atoms with van der Waals surface area (Å²) in [6, 6.07) is 17.6. The van der Waals surface area contributed by atoms with E-state index in [4.69, 9.17) is 0 Å². The monoisotopic (exact) mass is 349 g/mol. The maximum atomic E-state index is 11.5. The Morgan fingerprint density at radius 1 is 1.00 bits per heavy atom. The van der Waals surface area contributed by atoms with E-state index in [0.717, 1.165) is 12.1 Å². The smallest absolute Gasteiger partial charge is 0.175 e. The summed E-state index contributed by atoms with van der Waals surface area (Å²) in [5.41, 5.74) is 1.09. The Labute approximate surface area is 143 Å². The Hall–Kier alpha value is -1.30. The van der Waals surface area contributed by atoms with Crippen molar-refractivity contribution in [1.29, 1.82) is 0 Å². The summed E-state index contributed by atoms with van der Waals surface area (Å²) in [5.74, 6) is 0. The number of nitrogens with one attached hydrogen (secondary N) is 1. The predicted octanol–water partition coefficient (Wildman–Crippen LogP) is 3.92. The van der Waals surface area contributed by atoms with Gasteiger partial charge in [0.05, 0.1) is 4.90 Å². The SMILES string of the molecule is C[C@H](CN[C@H](C)c1ccc(S(C)(=O)=O)cc1)Sc1ccccc1. The third kappa shape index (κ3) is 5.68. The van der Waals surface area contributed by atoms with E-state index >= 15 is 0 Å². The number of benzene rings is 2. The third-order valence-electron chi connectivity index (χ3n) is 3.60. The van der Waals surface area contributed by atoms with Gasteiger partial charge in [0.2, 0.25) is 0 Å². The second kappa shape index (κ2) is 7.99. The molecule has 0 spiro atoms. The van der Waals surface area contributed by atoms with Crippen LogP contribution in [0.4, 0.5) is 0 Å². The van der Waals surface area contributed by atoms with Crippen LogP contribution in [0.3, 0.4) is 0 Å². The van der Waals surface area contributed by atoms with Crippen LogP contribution in [-0.4, -0.2) is 26.5 Å². The summed E-state index contributed by atoms with van der Waals surface area (Å²) >= 11 is 1.84. The van der Waals surface area contributed by atoms with Crippen molar-refractivity contribution in [3.63, 3.8) is 0 Å². The lowest BCUT2D eigenvalue weighted by molar-refractivity contribution is 0.575. The highest BCUT2D eigenvalue weighted by Gasteiger charge is 2.11. The van der Waals surface area contributed by atoms with E-state index in [0.29, 0.717) is 10.1 Å². The lowest BCUT2D eigenvalue weighted by Crippen LogP contribution is -2.25. The average Bonchev–Trinajstić information content (AvgIpc) is 2.53. The normalized spacial score (nSPS) is 14.4. The first kappa shape index (κ1) is 18.0. The molecule has 0 amide bonds. The van der Waals surface area contributed by atoms with Crippen LogP contribution in [0.15, 0.2) is 64.4 Å². The van der Waals surface area contributed by atoms with E-state index in [9.17, 15) is 8.42 Å². The van der Waals surface area contributed by atoms with E-state index in [2.05, 4.69) is 43.4 Å². The number of sulfone groups is 1. The molecule has 2 atom stereocenters. The fraction of sp³-hybridized carbons (Fsp3) is 0.333. The van der Waals surface area contributed by atoms with Gasteiger partial charge in [-0.05, 0) is 36.8 Å². The summed E-state index contributed by atoms with van der Waals surface area (Å²) in [6.07, 6.45) is 1.23. The number of thioether (sulfide) groups is 1. The molecule has 0 fully saturated rings. The predicted molar refractivity (Wildman–Crippen MR) is 97.7 cm³/mol. The summed E-state index contributed by atoms with van der Waals surface area (Å²) in [4.78, 5) is 1.63. The van der Waals surface area contributed by atoms with Crippen LogP contribution < -0.4 is 5.32 Å². The van der Waals surface area contributed by atoms with Crippen molar-refractivity contribution in [2.75, 3.05) is 12.8 Å². The fourth-order valence-corrected chi connectivity index (χ4v) is 3.83. The molecule has 3 nitrogen and oxygen atoms in total. The highest BCUT2D eigenvalue weighted by molar-refractivity contribution is 8.00. The summed E-state index contributed by atoms with van der Waals surface area (Å²) in [6.45, 7) is 5.17. The standard InChI is InChI=1S/C18H23NO2S2/c1-14(22-17-7-5-4-6-8-17)13-19-15(2)16-9-11-18(12-10-16)23(3,20)21/h4-12,14-15,19H,13H2,1-3H3/t14-,15-/m1/s1. The van der Waals surface area contributed by atoms with Gasteiger partial charge < -0.3 is 5.32 Å². The molecule has 0 aliphatic heterocycles. The second-order valence-electron chi connectivity index (χ2n) is 5.71. The van der Waals surface area contributed by atoms with Crippen molar-refractivity contribution < 1.29 is 8.42 Å². The van der Waals surface area contributed by atoms with Crippen LogP contribution >= 0.6 is 11.8 Å². The molecule has 0 aliphatic carbocycles. The fourth-order valence-electron chi connectivity index (χ4n) is 2.24. The Kier molecular flexibility index (Phi) is 6.27. The molecule has 0 saturated heterocycles. The number of hydrogen-bond donors (Lipinski definition) is 1. The molecule has 0 unspecified atom stereocenters. The van der Waals surface area contributed by atoms with E-state index in [1.54, 1.807) is 12.1 Å². The molecule has 23 heavy (non-hydrogen) atoms. The zero-order valence-corrected chi connectivity index (χ0v) is 15.3. The molecule has 0 bridgehead atoms. The molecule has 5 heteroatoms. The summed E-state index contributed by atoms with van der Waals surface area (Å²) < 4.78 is 23.0. The van der Waals surface area contributed by atoms with Gasteiger partial charge in [0.1, 0.15) is 0 Å². The Morgan fingerprint density at radius 3 is 2.17 bits per heavy atom. The second-order valence-corrected chi connectivity index (χ2v) is 9.24. The van der Waals surface area contributed by atoms with Gasteiger partial charge in [-0.3, -0.25) is 0 Å². The first-order valence-corrected chi connectivity index (χ1v) is 10.4. The van der Waals surface area contributed by atoms with Crippen molar-refractivity contribution in [1.82, 2.24) is 5.32 Å². The maximum absolute atomic E-state index is 11.5. The van der Waals surface area contributed by atoms with Crippen LogP contribution in [0.1, 0.15) is 25.5 Å². The van der Waals surface area contributed by atoms with Gasteiger partial charge in [0.15, 0.2) is 9.84 Å². The van der Waals surface area contributed by atoms with E-state index in [1.807, 2.05) is 30.0 Å². The third-order valence-corrected chi connectivity index (χ3v) is 5.84. The molecule has 0 saturated carbocycles. The molecular weight excluding hydrogens is 326 g/mol. The van der Waals surface area contributed by atoms with Crippen LogP contribution in [0.25, 0.3) is 0 Å². The minimum atomic E-state index is -3.13. The van der Waals surface area contributed by atoms with Crippen molar-refractivity contribution in [3.8, 4) is 0 Å². The highest BCUT2D eigenvalue weighted by Crippen LogP contribution is 2.23. The molecule has 0 aromatic heterocycles. The van der Waals surface area contributed by atoms with Crippen LogP contribution in [0.5, 0.6) is 0 Å². The van der Waals surface area contributed by atoms with Crippen LogP contribution in [0.2, 0.25) is 0 Å². The molecular formula is C18H23NO2S2. The van der Waals surface area contributed by atoms with Crippen molar-refractivity contribution in [3.05, 3.63) is 60.2 Å². The lowest BCUT2D eigenvalue weighted by Gasteiger charge is -2.18. The van der Waals surface area contributed by atoms with E-state index in [-0.39, 0.29) is 6.04 Å². The number of rotatable bonds is 7. The van der Waals surface area contributed by atoms with Gasteiger partial charge in [0.25, 0.3) is 0 Å². The van der Waals surface area contributed by atoms with Crippen LogP contribution in [-0.2, 0) is 9.84 Å². The van der Waals surface area contributed by atoms with Gasteiger partial charge >= 0.3 is 0 Å². The first-order valence-electron chi connectivity index (χ1n) is 7.61. The zero-order valence-electron chi connectivity index (χ0n) is 13.7. The maximum Gasteiger partial charge on any atom is 0.175 e. The van der Waals surface area contributed by atoms with Crippen molar-refractivity contribution in [2.24, 2.45) is 0 Å². The highest BCUT2D eigenvalue weighted by atomic mass is 32.2. The molecule has 2 aromatic carbocycles. The van der Waals surface area contributed by atoms with Crippen molar-refractivity contribution >= 4 is 21.6 Å². The van der Waals surface area contributed by atoms with Crippen LogP contribution in [0, 0.1) is 0 Å². The van der Waals surface area contributed by atoms with Gasteiger partial charge in [-0.25, -0.2) is 8.42 Å². The van der Waals surface area contributed by atoms with E-state index in [1.165, 1.54) is 11.2 Å². The Morgan fingerprint density at radius 2 is 1.61 bits per heavy atom. The lowest BCUT2D eigenvalue weighted by atomic mass is 10.1. The largest absolute Gasteiger partial charge is 0.309 e. The molecule has 2 rings (SSSR count). The molecule has 0 heterocycles. The molecule has 0 aliphatic rings. The molecule has 124 valence electrons. The quantitative estimate of drug-likeness (QED) is 0.770. The zero-order chi connectivity index (χ0) is 16.9. The Balaban J connectivity index is 1.88. The summed E-state index contributed by atoms with van der Waals surface area (Å²) in [7, 11) is -3.13. The Bertz CT molecular complexity index is 712. The van der Waals surface area contributed by atoms with E-state index < -0.39 is 9.84 Å². The molecule has 1 N–H and O–H groups in total. The minimum absolute atomic E-state index is 0.183. The number of hydrogen-bond acceptors (Lipinski definition) is 4. The topological polar surface area (TPSA) is 46.2 Å². The minimum Gasteiger partial charge on any atom is -0.309 e. The van der Waals surface area contributed by atoms with Crippen molar-refractivity contribution in [2.45, 2.75) is 34.9 Å². The van der Waals surface area contributed by atoms with Gasteiger partial charge in [-0.1, -0.05) is 37.3 Å². The molecule has 2 aromatic rings. The van der Waals surface area contributed by atoms with Gasteiger partial charge in [-0.15, -0.1) is 11.8 Å².